The molecule has 146 valence electrons. The molecule has 7 N–H and O–H groups in total. The Kier molecular flexibility index (Phi) is 8.01. The topological polar surface area (TPSA) is 149 Å². The molecule has 1 heterocycles. The van der Waals surface area contributed by atoms with Gasteiger partial charge in [0.25, 0.3) is 0 Å². The average molecular weight is 361 g/mol. The summed E-state index contributed by atoms with van der Waals surface area (Å²) in [5.74, 6) is -0.449. The molecule has 1 saturated heterocycles. The summed E-state index contributed by atoms with van der Waals surface area (Å²) in [6.07, 6.45) is 0.304. The fourth-order valence-electron chi connectivity index (χ4n) is 3.51. The highest BCUT2D eigenvalue weighted by Crippen LogP contribution is 2.29. The number of methoxy groups -OCH3 is 1. The molecular weight excluding hydrogens is 330 g/mol. The van der Waals surface area contributed by atoms with Gasteiger partial charge in [-0.05, 0) is 32.2 Å². The van der Waals surface area contributed by atoms with E-state index in [2.05, 4.69) is 5.32 Å². The largest absolute Gasteiger partial charge is 0.394 e. The van der Waals surface area contributed by atoms with Crippen LogP contribution in [0.4, 0.5) is 0 Å². The molecule has 1 amide bonds. The Labute approximate surface area is 148 Å². The molecule has 6 unspecified atom stereocenters. The SMILES string of the molecule is CO[C@@H]1C(N)CC(NC(=O)C(O)CCN)CC1OC1CCC(CO)O1. The van der Waals surface area contributed by atoms with E-state index in [0.717, 1.165) is 6.42 Å². The zero-order valence-corrected chi connectivity index (χ0v) is 14.7. The highest BCUT2D eigenvalue weighted by atomic mass is 16.7. The van der Waals surface area contributed by atoms with Crippen molar-refractivity contribution in [3.63, 3.8) is 0 Å². The van der Waals surface area contributed by atoms with E-state index >= 15 is 0 Å². The normalized spacial score (nSPS) is 37.0. The zero-order valence-electron chi connectivity index (χ0n) is 14.7. The van der Waals surface area contributed by atoms with Crippen LogP contribution in [0.15, 0.2) is 0 Å². The van der Waals surface area contributed by atoms with Gasteiger partial charge in [-0.25, -0.2) is 0 Å². The van der Waals surface area contributed by atoms with Crippen LogP contribution in [0.3, 0.4) is 0 Å². The maximum atomic E-state index is 12.0. The van der Waals surface area contributed by atoms with Gasteiger partial charge < -0.3 is 41.2 Å². The van der Waals surface area contributed by atoms with E-state index in [1.807, 2.05) is 0 Å². The van der Waals surface area contributed by atoms with Crippen LogP contribution in [-0.2, 0) is 19.0 Å². The molecule has 2 aliphatic rings. The Bertz CT molecular complexity index is 427. The summed E-state index contributed by atoms with van der Waals surface area (Å²) in [6, 6.07) is -0.530. The minimum absolute atomic E-state index is 0.0323. The smallest absolute Gasteiger partial charge is 0.249 e. The van der Waals surface area contributed by atoms with Gasteiger partial charge in [-0.3, -0.25) is 4.79 Å². The van der Waals surface area contributed by atoms with Crippen LogP contribution in [-0.4, -0.2) is 79.2 Å². The number of nitrogens with two attached hydrogens (primary N) is 2. The molecule has 0 radical (unpaired) electrons. The lowest BCUT2D eigenvalue weighted by Gasteiger charge is -2.40. The van der Waals surface area contributed by atoms with Crippen molar-refractivity contribution in [2.24, 2.45) is 11.5 Å². The van der Waals surface area contributed by atoms with Crippen LogP contribution in [0.2, 0.25) is 0 Å². The number of hydrogen-bond donors (Lipinski definition) is 5. The molecule has 9 heteroatoms. The number of nitrogens with one attached hydrogen (secondary N) is 1. The molecule has 25 heavy (non-hydrogen) atoms. The number of aliphatic hydroxyl groups is 2. The van der Waals surface area contributed by atoms with E-state index < -0.39 is 18.3 Å². The number of amides is 1. The van der Waals surface area contributed by atoms with Gasteiger partial charge >= 0.3 is 0 Å². The van der Waals surface area contributed by atoms with E-state index in [0.29, 0.717) is 19.3 Å². The van der Waals surface area contributed by atoms with Gasteiger partial charge in [-0.15, -0.1) is 0 Å². The summed E-state index contributed by atoms with van der Waals surface area (Å²) in [4.78, 5) is 12.0. The fraction of sp³-hybridized carbons (Fsp3) is 0.938. The minimum atomic E-state index is -1.12. The predicted molar refractivity (Wildman–Crippen MR) is 89.5 cm³/mol. The first-order valence-corrected chi connectivity index (χ1v) is 8.87. The lowest BCUT2D eigenvalue weighted by Crippen LogP contribution is -2.57. The quantitative estimate of drug-likeness (QED) is 0.340. The van der Waals surface area contributed by atoms with E-state index in [4.69, 9.17) is 30.8 Å². The molecule has 0 aromatic carbocycles. The van der Waals surface area contributed by atoms with Crippen molar-refractivity contribution in [3.05, 3.63) is 0 Å². The third-order valence-electron chi connectivity index (χ3n) is 4.82. The highest BCUT2D eigenvalue weighted by Gasteiger charge is 2.40. The Balaban J connectivity index is 1.93. The van der Waals surface area contributed by atoms with Crippen molar-refractivity contribution < 1.29 is 29.2 Å². The monoisotopic (exact) mass is 361 g/mol. The van der Waals surface area contributed by atoms with E-state index in [-0.39, 0.29) is 50.0 Å². The number of hydrogen-bond acceptors (Lipinski definition) is 8. The van der Waals surface area contributed by atoms with E-state index in [9.17, 15) is 9.90 Å². The van der Waals surface area contributed by atoms with Crippen LogP contribution >= 0.6 is 0 Å². The van der Waals surface area contributed by atoms with Crippen molar-refractivity contribution >= 4 is 5.91 Å². The van der Waals surface area contributed by atoms with Gasteiger partial charge in [-0.1, -0.05) is 0 Å². The Morgan fingerprint density at radius 3 is 2.76 bits per heavy atom. The summed E-state index contributed by atoms with van der Waals surface area (Å²) in [5.41, 5.74) is 11.6. The van der Waals surface area contributed by atoms with Crippen LogP contribution in [0.1, 0.15) is 32.1 Å². The van der Waals surface area contributed by atoms with Crippen molar-refractivity contribution in [1.29, 1.82) is 0 Å². The molecule has 2 rings (SSSR count). The van der Waals surface area contributed by atoms with E-state index in [1.54, 1.807) is 7.11 Å². The first-order chi connectivity index (χ1) is 12.0. The second kappa shape index (κ2) is 9.77. The van der Waals surface area contributed by atoms with Gasteiger partial charge in [0.1, 0.15) is 6.10 Å². The van der Waals surface area contributed by atoms with Crippen LogP contribution < -0.4 is 16.8 Å². The number of ether oxygens (including phenoxy) is 3. The summed E-state index contributed by atoms with van der Waals surface area (Å²) in [6.45, 7) is 0.205. The standard InChI is InChI=1S/C16H31N3O6/c1-23-15-11(18)6-9(19-16(22)12(21)4-5-17)7-13(15)25-14-3-2-10(8-20)24-14/h9-15,20-21H,2-8,17-18H2,1H3,(H,19,22)/t9?,10?,11?,12?,13?,14?,15-/m1/s1. The van der Waals surface area contributed by atoms with E-state index in [1.165, 1.54) is 0 Å². The molecule has 0 aromatic rings. The third-order valence-corrected chi connectivity index (χ3v) is 4.82. The second-order valence-corrected chi connectivity index (χ2v) is 6.76. The zero-order chi connectivity index (χ0) is 18.4. The minimum Gasteiger partial charge on any atom is -0.394 e. The molecular formula is C16H31N3O6. The van der Waals surface area contributed by atoms with Crippen molar-refractivity contribution in [2.75, 3.05) is 20.3 Å². The number of rotatable bonds is 8. The molecule has 0 aromatic heterocycles. The van der Waals surface area contributed by atoms with Crippen LogP contribution in [0, 0.1) is 0 Å². The molecule has 7 atom stereocenters. The van der Waals surface area contributed by atoms with Crippen molar-refractivity contribution in [1.82, 2.24) is 5.32 Å². The summed E-state index contributed by atoms with van der Waals surface area (Å²) in [5, 5.41) is 21.7. The first-order valence-electron chi connectivity index (χ1n) is 8.87. The predicted octanol–water partition coefficient (Wildman–Crippen LogP) is -1.80. The summed E-state index contributed by atoms with van der Waals surface area (Å²) in [7, 11) is 1.58. The first kappa shape index (κ1) is 20.5. The van der Waals surface area contributed by atoms with Crippen LogP contribution in [0.25, 0.3) is 0 Å². The maximum absolute atomic E-state index is 12.0. The van der Waals surface area contributed by atoms with Gasteiger partial charge in [0.2, 0.25) is 5.91 Å². The van der Waals surface area contributed by atoms with Crippen molar-refractivity contribution in [2.45, 2.75) is 74.9 Å². The van der Waals surface area contributed by atoms with Gasteiger partial charge in [0.05, 0.1) is 24.9 Å². The Morgan fingerprint density at radius 1 is 1.40 bits per heavy atom. The lowest BCUT2D eigenvalue weighted by atomic mass is 9.86. The molecule has 0 bridgehead atoms. The van der Waals surface area contributed by atoms with Gasteiger partial charge in [-0.2, -0.15) is 0 Å². The number of carbonyl (C=O) groups excluding carboxylic acids is 1. The third kappa shape index (κ3) is 5.58. The fourth-order valence-corrected chi connectivity index (χ4v) is 3.51. The van der Waals surface area contributed by atoms with Crippen molar-refractivity contribution in [3.8, 4) is 0 Å². The maximum Gasteiger partial charge on any atom is 0.249 e. The average Bonchev–Trinajstić information content (AvgIpc) is 3.02. The van der Waals surface area contributed by atoms with Crippen LogP contribution in [0.5, 0.6) is 0 Å². The molecule has 1 aliphatic heterocycles. The second-order valence-electron chi connectivity index (χ2n) is 6.76. The Morgan fingerprint density at radius 2 is 2.16 bits per heavy atom. The number of aliphatic hydroxyl groups excluding tert-OH is 2. The Hall–Kier alpha value is -0.810. The lowest BCUT2D eigenvalue weighted by molar-refractivity contribution is -0.203. The molecule has 1 saturated carbocycles. The van der Waals surface area contributed by atoms with Gasteiger partial charge in [0.15, 0.2) is 6.29 Å². The molecule has 9 nitrogen and oxygen atoms in total. The highest BCUT2D eigenvalue weighted by molar-refractivity contribution is 5.80. The summed E-state index contributed by atoms with van der Waals surface area (Å²) >= 11 is 0. The van der Waals surface area contributed by atoms with Gasteiger partial charge in [0, 0.05) is 25.6 Å². The molecule has 1 aliphatic carbocycles. The molecule has 0 spiro atoms. The number of carbonyl (C=O) groups is 1. The molecule has 2 fully saturated rings. The summed E-state index contributed by atoms with van der Waals surface area (Å²) < 4.78 is 17.1.